The van der Waals surface area contributed by atoms with E-state index in [0.29, 0.717) is 0 Å². The van der Waals surface area contributed by atoms with Gasteiger partial charge in [0.2, 0.25) is 0 Å². The zero-order valence-corrected chi connectivity index (χ0v) is 11.0. The molecule has 0 saturated heterocycles. The summed E-state index contributed by atoms with van der Waals surface area (Å²) in [5, 5.41) is 10.1. The fourth-order valence-corrected chi connectivity index (χ4v) is 1.42. The highest BCUT2D eigenvalue weighted by molar-refractivity contribution is 4.55. The van der Waals surface area contributed by atoms with Crippen molar-refractivity contribution in [1.82, 2.24) is 5.01 Å². The fraction of sp³-hybridized carbons (Fsp3) is 1.00. The van der Waals surface area contributed by atoms with E-state index < -0.39 is 0 Å². The van der Waals surface area contributed by atoms with Crippen molar-refractivity contribution < 1.29 is 0 Å². The summed E-state index contributed by atoms with van der Waals surface area (Å²) in [5.41, 5.74) is 0. The van der Waals surface area contributed by atoms with E-state index in [0.717, 1.165) is 24.9 Å². The summed E-state index contributed by atoms with van der Waals surface area (Å²) in [5.74, 6) is 1.53. The van der Waals surface area contributed by atoms with Crippen molar-refractivity contribution in [3.63, 3.8) is 0 Å². The summed E-state index contributed by atoms with van der Waals surface area (Å²) in [6.07, 6.45) is 3.69. The van der Waals surface area contributed by atoms with Crippen LogP contribution in [0.4, 0.5) is 0 Å². The molecular weight excluding hydrogens is 186 g/mol. The average molecular weight is 213 g/mol. The lowest BCUT2D eigenvalue weighted by atomic mass is 10.1. The Hall–Kier alpha value is -0.600. The Morgan fingerprint density at radius 3 is 2.00 bits per heavy atom. The Bertz CT molecular complexity index is 164. The Kier molecular flexibility index (Phi) is 8.34. The van der Waals surface area contributed by atoms with Crippen molar-refractivity contribution in [2.75, 3.05) is 20.1 Å². The summed E-state index contributed by atoms with van der Waals surface area (Å²) in [6.45, 7) is 11.1. The maximum absolute atomic E-state index is 4.15. The molecule has 0 aromatic carbocycles. The van der Waals surface area contributed by atoms with Crippen LogP contribution in [0.5, 0.6) is 0 Å². The molecule has 90 valence electrons. The van der Waals surface area contributed by atoms with E-state index in [1.807, 2.05) is 0 Å². The van der Waals surface area contributed by atoms with Crippen molar-refractivity contribution in [3.05, 3.63) is 0 Å². The van der Waals surface area contributed by atoms with Crippen molar-refractivity contribution in [3.8, 4) is 0 Å². The van der Waals surface area contributed by atoms with Gasteiger partial charge in [0, 0.05) is 13.1 Å². The highest BCUT2D eigenvalue weighted by Gasteiger charge is 2.03. The van der Waals surface area contributed by atoms with Crippen LogP contribution in [-0.4, -0.2) is 25.1 Å². The molecule has 0 radical (unpaired) electrons. The first-order chi connectivity index (χ1) is 7.06. The quantitative estimate of drug-likeness (QED) is 0.445. The monoisotopic (exact) mass is 213 g/mol. The summed E-state index contributed by atoms with van der Waals surface area (Å²) in [4.78, 5) is 0. The van der Waals surface area contributed by atoms with E-state index in [-0.39, 0.29) is 0 Å². The van der Waals surface area contributed by atoms with Gasteiger partial charge in [-0.1, -0.05) is 32.9 Å². The Balaban J connectivity index is 3.73. The number of nitrogens with zero attached hydrogens (tertiary/aromatic N) is 3. The van der Waals surface area contributed by atoms with Gasteiger partial charge in [0.15, 0.2) is 0 Å². The smallest absolute Gasteiger partial charge is 0.0509 e. The molecule has 15 heavy (non-hydrogen) atoms. The molecule has 0 aromatic rings. The van der Waals surface area contributed by atoms with Gasteiger partial charge in [-0.2, -0.15) is 5.11 Å². The lowest BCUT2D eigenvalue weighted by Gasteiger charge is -2.18. The van der Waals surface area contributed by atoms with Crippen molar-refractivity contribution in [1.29, 1.82) is 0 Å². The molecule has 0 bridgehead atoms. The van der Waals surface area contributed by atoms with Crippen LogP contribution in [0.25, 0.3) is 0 Å². The van der Waals surface area contributed by atoms with Crippen LogP contribution in [0.15, 0.2) is 10.3 Å². The average Bonchev–Trinajstić information content (AvgIpc) is 2.13. The lowest BCUT2D eigenvalue weighted by Crippen LogP contribution is -2.21. The minimum absolute atomic E-state index is 0.740. The molecule has 3 heteroatoms. The first kappa shape index (κ1) is 14.4. The highest BCUT2D eigenvalue weighted by atomic mass is 15.5. The third-order valence-corrected chi connectivity index (χ3v) is 2.38. The molecular formula is C12H27N3. The van der Waals surface area contributed by atoms with Crippen LogP contribution < -0.4 is 0 Å². The molecule has 3 nitrogen and oxygen atoms in total. The van der Waals surface area contributed by atoms with Gasteiger partial charge >= 0.3 is 0 Å². The predicted molar refractivity (Wildman–Crippen MR) is 65.9 cm³/mol. The van der Waals surface area contributed by atoms with Crippen molar-refractivity contribution in [2.24, 2.45) is 22.2 Å². The third-order valence-electron chi connectivity index (χ3n) is 2.38. The maximum atomic E-state index is 4.15. The Morgan fingerprint density at radius 1 is 0.933 bits per heavy atom. The molecule has 0 unspecified atom stereocenters. The molecule has 0 heterocycles. The first-order valence-electron chi connectivity index (χ1n) is 6.11. The molecule has 0 rings (SSSR count). The van der Waals surface area contributed by atoms with E-state index in [1.54, 1.807) is 7.05 Å². The van der Waals surface area contributed by atoms with Gasteiger partial charge in [-0.3, -0.25) is 5.01 Å². The van der Waals surface area contributed by atoms with Crippen molar-refractivity contribution in [2.45, 2.75) is 47.0 Å². The second-order valence-corrected chi connectivity index (χ2v) is 4.96. The minimum atomic E-state index is 0.740. The van der Waals surface area contributed by atoms with E-state index in [2.05, 4.69) is 43.0 Å². The van der Waals surface area contributed by atoms with Gasteiger partial charge in [0.1, 0.15) is 0 Å². The second kappa shape index (κ2) is 8.69. The van der Waals surface area contributed by atoms with E-state index >= 15 is 0 Å². The number of hydrogen-bond donors (Lipinski definition) is 0. The molecule has 0 aliphatic carbocycles. The largest absolute Gasteiger partial charge is 0.279 e. The van der Waals surface area contributed by atoms with Gasteiger partial charge < -0.3 is 0 Å². The van der Waals surface area contributed by atoms with E-state index in [4.69, 9.17) is 0 Å². The normalized spacial score (nSPS) is 11.9. The molecule has 0 atom stereocenters. The standard InChI is InChI=1S/C12H27N3/c1-11(2)7-6-9-15(14-13-5)10-8-12(3)4/h11-12H,6-10H2,1-5H3/b14-13-. The fourth-order valence-electron chi connectivity index (χ4n) is 1.42. The number of rotatable bonds is 8. The van der Waals surface area contributed by atoms with Crippen LogP contribution in [0.2, 0.25) is 0 Å². The summed E-state index contributed by atoms with van der Waals surface area (Å²) in [6, 6.07) is 0. The zero-order valence-electron chi connectivity index (χ0n) is 11.0. The molecule has 0 fully saturated rings. The Morgan fingerprint density at radius 2 is 1.53 bits per heavy atom. The lowest BCUT2D eigenvalue weighted by molar-refractivity contribution is 0.242. The third kappa shape index (κ3) is 9.70. The molecule has 0 aliphatic rings. The molecule has 0 aliphatic heterocycles. The summed E-state index contributed by atoms with van der Waals surface area (Å²) < 4.78 is 0. The van der Waals surface area contributed by atoms with Gasteiger partial charge in [-0.25, -0.2) is 0 Å². The maximum Gasteiger partial charge on any atom is 0.0509 e. The van der Waals surface area contributed by atoms with Crippen LogP contribution in [0, 0.1) is 11.8 Å². The van der Waals surface area contributed by atoms with Crippen LogP contribution in [0.1, 0.15) is 47.0 Å². The SMILES string of the molecule is C/N=N\N(CCCC(C)C)CCC(C)C. The molecule has 0 aromatic heterocycles. The van der Waals surface area contributed by atoms with Gasteiger partial charge in [-0.05, 0) is 31.1 Å². The Labute approximate surface area is 94.9 Å². The number of hydrogen-bond acceptors (Lipinski definition) is 2. The molecule has 0 spiro atoms. The van der Waals surface area contributed by atoms with Crippen LogP contribution >= 0.6 is 0 Å². The molecule has 0 saturated carbocycles. The minimum Gasteiger partial charge on any atom is -0.279 e. The second-order valence-electron chi connectivity index (χ2n) is 4.96. The van der Waals surface area contributed by atoms with Gasteiger partial charge in [0.05, 0.1) is 7.05 Å². The topological polar surface area (TPSA) is 28.0 Å². The van der Waals surface area contributed by atoms with Crippen LogP contribution in [-0.2, 0) is 0 Å². The van der Waals surface area contributed by atoms with Crippen LogP contribution in [0.3, 0.4) is 0 Å². The van der Waals surface area contributed by atoms with E-state index in [9.17, 15) is 0 Å². The summed E-state index contributed by atoms with van der Waals surface area (Å²) >= 11 is 0. The van der Waals surface area contributed by atoms with E-state index in [1.165, 1.54) is 19.3 Å². The van der Waals surface area contributed by atoms with Crippen molar-refractivity contribution >= 4 is 0 Å². The zero-order chi connectivity index (χ0) is 11.7. The first-order valence-corrected chi connectivity index (χ1v) is 6.11. The predicted octanol–water partition coefficient (Wildman–Crippen LogP) is 3.77. The molecule has 0 amide bonds. The summed E-state index contributed by atoms with van der Waals surface area (Å²) in [7, 11) is 1.74. The molecule has 0 N–H and O–H groups in total. The van der Waals surface area contributed by atoms with Gasteiger partial charge in [0.25, 0.3) is 0 Å². The highest BCUT2D eigenvalue weighted by Crippen LogP contribution is 2.07. The van der Waals surface area contributed by atoms with Gasteiger partial charge in [-0.15, -0.1) is 0 Å².